The maximum Gasteiger partial charge on any atom is 0.320 e. The molecular weight excluding hydrogens is 337 g/mol. The summed E-state index contributed by atoms with van der Waals surface area (Å²) in [5.74, 6) is -0.362. The van der Waals surface area contributed by atoms with Gasteiger partial charge in [-0.3, -0.25) is 9.69 Å². The van der Waals surface area contributed by atoms with E-state index in [0.717, 1.165) is 19.4 Å². The topological polar surface area (TPSA) is 79.5 Å². The molecule has 0 amide bonds. The Morgan fingerprint density at radius 2 is 2.29 bits per heavy atom. The molecule has 0 aliphatic carbocycles. The molecule has 0 saturated carbocycles. The van der Waals surface area contributed by atoms with Gasteiger partial charge in [0, 0.05) is 12.1 Å². The van der Waals surface area contributed by atoms with E-state index in [9.17, 15) is 9.18 Å². The Kier molecular flexibility index (Phi) is 5.90. The van der Waals surface area contributed by atoms with E-state index in [4.69, 9.17) is 9.63 Å². The Morgan fingerprint density at radius 3 is 3.00 bits per heavy atom. The fourth-order valence-electron chi connectivity index (χ4n) is 2.86. The first kappa shape index (κ1) is 18.4. The second-order valence-corrected chi connectivity index (χ2v) is 5.81. The van der Waals surface area contributed by atoms with Gasteiger partial charge in [0.05, 0.1) is 5.92 Å². The Labute approximate surface area is 145 Å². The molecule has 0 radical (unpaired) electrons. The van der Waals surface area contributed by atoms with Gasteiger partial charge in [0.1, 0.15) is 11.9 Å². The number of carboxylic acids is 1. The zero-order valence-electron chi connectivity index (χ0n) is 13.2. The summed E-state index contributed by atoms with van der Waals surface area (Å²) in [6, 6.07) is 5.49. The van der Waals surface area contributed by atoms with E-state index < -0.39 is 12.0 Å². The van der Waals surface area contributed by atoms with Crippen molar-refractivity contribution in [2.45, 2.75) is 31.7 Å². The van der Waals surface area contributed by atoms with E-state index in [1.807, 2.05) is 4.90 Å². The highest BCUT2D eigenvalue weighted by molar-refractivity contribution is 5.85. The number of benzene rings is 1. The van der Waals surface area contributed by atoms with Gasteiger partial charge in [-0.15, -0.1) is 12.4 Å². The zero-order valence-corrected chi connectivity index (χ0v) is 14.0. The maximum atomic E-state index is 13.3. The SMILES string of the molecule is CC(C(=O)O)N1CCCC(c2nc(-c3cccc(F)c3)no2)C1.Cl. The highest BCUT2D eigenvalue weighted by Crippen LogP contribution is 2.28. The van der Waals surface area contributed by atoms with Gasteiger partial charge < -0.3 is 9.63 Å². The van der Waals surface area contributed by atoms with Crippen molar-refractivity contribution in [2.24, 2.45) is 0 Å². The molecule has 1 fully saturated rings. The Hall–Kier alpha value is -1.99. The molecule has 1 aliphatic rings. The average molecular weight is 356 g/mol. The first-order valence-corrected chi connectivity index (χ1v) is 7.61. The third-order valence-corrected chi connectivity index (χ3v) is 4.23. The molecule has 2 unspecified atom stereocenters. The fraction of sp³-hybridized carbons (Fsp3) is 0.438. The van der Waals surface area contributed by atoms with Crippen LogP contribution in [0, 0.1) is 5.82 Å². The summed E-state index contributed by atoms with van der Waals surface area (Å²) >= 11 is 0. The lowest BCUT2D eigenvalue weighted by molar-refractivity contribution is -0.143. The van der Waals surface area contributed by atoms with Gasteiger partial charge in [0.25, 0.3) is 0 Å². The molecule has 3 rings (SSSR count). The largest absolute Gasteiger partial charge is 0.480 e. The molecular formula is C16H19ClFN3O3. The van der Waals surface area contributed by atoms with Gasteiger partial charge in [-0.2, -0.15) is 4.98 Å². The van der Waals surface area contributed by atoms with Crippen LogP contribution >= 0.6 is 12.4 Å². The first-order chi connectivity index (χ1) is 11.0. The van der Waals surface area contributed by atoms with E-state index in [1.165, 1.54) is 12.1 Å². The van der Waals surface area contributed by atoms with Gasteiger partial charge in [0.15, 0.2) is 0 Å². The molecule has 1 aliphatic heterocycles. The molecule has 2 aromatic rings. The minimum atomic E-state index is -0.836. The number of hydrogen-bond acceptors (Lipinski definition) is 5. The number of rotatable bonds is 4. The Morgan fingerprint density at radius 1 is 1.50 bits per heavy atom. The summed E-state index contributed by atoms with van der Waals surface area (Å²) in [4.78, 5) is 17.4. The molecule has 24 heavy (non-hydrogen) atoms. The van der Waals surface area contributed by atoms with E-state index >= 15 is 0 Å². The number of likely N-dealkylation sites (tertiary alicyclic amines) is 1. The lowest BCUT2D eigenvalue weighted by Gasteiger charge is -2.33. The number of piperidine rings is 1. The van der Waals surface area contributed by atoms with Crippen LogP contribution in [0.2, 0.25) is 0 Å². The second-order valence-electron chi connectivity index (χ2n) is 5.81. The van der Waals surface area contributed by atoms with Crippen molar-refractivity contribution in [3.8, 4) is 11.4 Å². The normalized spacial score (nSPS) is 19.5. The van der Waals surface area contributed by atoms with Crippen LogP contribution < -0.4 is 0 Å². The summed E-state index contributed by atoms with van der Waals surface area (Å²) in [5, 5.41) is 13.1. The highest BCUT2D eigenvalue weighted by atomic mass is 35.5. The molecule has 2 atom stereocenters. The van der Waals surface area contributed by atoms with Crippen molar-refractivity contribution in [2.75, 3.05) is 13.1 Å². The van der Waals surface area contributed by atoms with Crippen molar-refractivity contribution >= 4 is 18.4 Å². The van der Waals surface area contributed by atoms with Crippen molar-refractivity contribution in [1.29, 1.82) is 0 Å². The summed E-state index contributed by atoms with van der Waals surface area (Å²) in [6.45, 7) is 2.99. The monoisotopic (exact) mass is 355 g/mol. The van der Waals surface area contributed by atoms with Gasteiger partial charge in [-0.25, -0.2) is 4.39 Å². The lowest BCUT2D eigenvalue weighted by atomic mass is 9.97. The maximum absolute atomic E-state index is 13.3. The van der Waals surface area contributed by atoms with Crippen molar-refractivity contribution in [3.05, 3.63) is 36.0 Å². The van der Waals surface area contributed by atoms with Crippen LogP contribution in [-0.2, 0) is 4.79 Å². The Bertz CT molecular complexity index is 709. The number of carbonyl (C=O) groups is 1. The van der Waals surface area contributed by atoms with Crippen molar-refractivity contribution < 1.29 is 18.8 Å². The minimum Gasteiger partial charge on any atom is -0.480 e. The van der Waals surface area contributed by atoms with Crippen molar-refractivity contribution in [1.82, 2.24) is 15.0 Å². The zero-order chi connectivity index (χ0) is 16.4. The van der Waals surface area contributed by atoms with Crippen LogP contribution in [0.1, 0.15) is 31.6 Å². The number of aromatic nitrogens is 2. The molecule has 1 aromatic heterocycles. The van der Waals surface area contributed by atoms with E-state index in [-0.39, 0.29) is 24.1 Å². The third kappa shape index (κ3) is 3.91. The Balaban J connectivity index is 0.00000208. The summed E-state index contributed by atoms with van der Waals surface area (Å²) < 4.78 is 18.6. The smallest absolute Gasteiger partial charge is 0.320 e. The number of hydrogen-bond donors (Lipinski definition) is 1. The van der Waals surface area contributed by atoms with Crippen molar-refractivity contribution in [3.63, 3.8) is 0 Å². The third-order valence-electron chi connectivity index (χ3n) is 4.23. The molecule has 8 heteroatoms. The number of nitrogens with zero attached hydrogens (tertiary/aromatic N) is 3. The molecule has 1 N–H and O–H groups in total. The van der Waals surface area contributed by atoms with Gasteiger partial charge in [-0.05, 0) is 38.4 Å². The molecule has 2 heterocycles. The standard InChI is InChI=1S/C16H18FN3O3.ClH/c1-10(16(21)22)20-7-3-5-12(9-20)15-18-14(19-23-15)11-4-2-6-13(17)8-11;/h2,4,6,8,10,12H,3,5,7,9H2,1H3,(H,21,22);1H. The van der Waals surface area contributed by atoms with Gasteiger partial charge >= 0.3 is 5.97 Å². The summed E-state index contributed by atoms with van der Waals surface area (Å²) in [6.07, 6.45) is 1.74. The van der Waals surface area contributed by atoms with Crippen LogP contribution in [0.3, 0.4) is 0 Å². The quantitative estimate of drug-likeness (QED) is 0.908. The minimum absolute atomic E-state index is 0. The number of aliphatic carboxylic acids is 1. The molecule has 1 aromatic carbocycles. The first-order valence-electron chi connectivity index (χ1n) is 7.61. The van der Waals surface area contributed by atoms with Crippen LogP contribution in [0.15, 0.2) is 28.8 Å². The molecule has 0 bridgehead atoms. The average Bonchev–Trinajstić information content (AvgIpc) is 3.04. The predicted octanol–water partition coefficient (Wildman–Crippen LogP) is 2.95. The molecule has 0 spiro atoms. The second kappa shape index (κ2) is 7.72. The van der Waals surface area contributed by atoms with E-state index in [2.05, 4.69) is 10.1 Å². The van der Waals surface area contributed by atoms with Crippen LogP contribution in [-0.4, -0.2) is 45.2 Å². The van der Waals surface area contributed by atoms with E-state index in [0.29, 0.717) is 23.8 Å². The van der Waals surface area contributed by atoms with Crippen LogP contribution in [0.25, 0.3) is 11.4 Å². The molecule has 130 valence electrons. The van der Waals surface area contributed by atoms with Crippen LogP contribution in [0.5, 0.6) is 0 Å². The van der Waals surface area contributed by atoms with Crippen LogP contribution in [0.4, 0.5) is 4.39 Å². The molecule has 1 saturated heterocycles. The van der Waals surface area contributed by atoms with E-state index in [1.54, 1.807) is 19.1 Å². The lowest BCUT2D eigenvalue weighted by Crippen LogP contribution is -2.44. The number of carboxylic acid groups (broad SMARTS) is 1. The van der Waals surface area contributed by atoms with Gasteiger partial charge in [0.2, 0.25) is 11.7 Å². The summed E-state index contributed by atoms with van der Waals surface area (Å²) in [5.41, 5.74) is 0.562. The predicted molar refractivity (Wildman–Crippen MR) is 87.6 cm³/mol. The molecule has 6 nitrogen and oxygen atoms in total. The van der Waals surface area contributed by atoms with Gasteiger partial charge in [-0.1, -0.05) is 17.3 Å². The fourth-order valence-corrected chi connectivity index (χ4v) is 2.86. The number of halogens is 2. The highest BCUT2D eigenvalue weighted by Gasteiger charge is 2.30. The summed E-state index contributed by atoms with van der Waals surface area (Å²) in [7, 11) is 0.